The zero-order valence-electron chi connectivity index (χ0n) is 12.6. The number of halogens is 1. The van der Waals surface area contributed by atoms with Crippen LogP contribution in [0.2, 0.25) is 5.02 Å². The van der Waals surface area contributed by atoms with E-state index < -0.39 is 0 Å². The highest BCUT2D eigenvalue weighted by atomic mass is 35.5. The summed E-state index contributed by atoms with van der Waals surface area (Å²) in [6.07, 6.45) is 8.04. The van der Waals surface area contributed by atoms with E-state index in [0.29, 0.717) is 12.0 Å². The lowest BCUT2D eigenvalue weighted by molar-refractivity contribution is 0.317. The maximum absolute atomic E-state index is 6.21. The molecule has 3 heteroatoms. The minimum absolute atomic E-state index is 0.353. The highest BCUT2D eigenvalue weighted by molar-refractivity contribution is 6.30. The van der Waals surface area contributed by atoms with Gasteiger partial charge in [-0.1, -0.05) is 44.2 Å². The van der Waals surface area contributed by atoms with Crippen molar-refractivity contribution in [1.82, 2.24) is 5.32 Å². The first-order chi connectivity index (χ1) is 9.76. The van der Waals surface area contributed by atoms with Gasteiger partial charge in [-0.3, -0.25) is 0 Å². The van der Waals surface area contributed by atoms with Crippen LogP contribution < -0.4 is 10.1 Å². The Morgan fingerprint density at radius 1 is 1.25 bits per heavy atom. The Morgan fingerprint density at radius 2 is 1.95 bits per heavy atom. The third-order valence-electron chi connectivity index (χ3n) is 4.32. The molecule has 0 radical (unpaired) electrons. The molecule has 112 valence electrons. The van der Waals surface area contributed by atoms with Crippen LogP contribution in [-0.4, -0.2) is 13.7 Å². The van der Waals surface area contributed by atoms with Crippen molar-refractivity contribution < 1.29 is 4.74 Å². The van der Waals surface area contributed by atoms with E-state index in [0.717, 1.165) is 17.3 Å². The van der Waals surface area contributed by atoms with Crippen LogP contribution in [0.25, 0.3) is 0 Å². The maximum Gasteiger partial charge on any atom is 0.123 e. The minimum atomic E-state index is 0.353. The van der Waals surface area contributed by atoms with Crippen LogP contribution in [0.3, 0.4) is 0 Å². The fourth-order valence-electron chi connectivity index (χ4n) is 3.34. The van der Waals surface area contributed by atoms with Gasteiger partial charge in [0, 0.05) is 16.6 Å². The molecule has 0 heterocycles. The Labute approximate surface area is 127 Å². The second kappa shape index (κ2) is 7.90. The third kappa shape index (κ3) is 3.89. The van der Waals surface area contributed by atoms with Crippen LogP contribution in [0.5, 0.6) is 5.75 Å². The first-order valence-corrected chi connectivity index (χ1v) is 8.21. The summed E-state index contributed by atoms with van der Waals surface area (Å²) >= 11 is 6.21. The molecule has 1 N–H and O–H groups in total. The summed E-state index contributed by atoms with van der Waals surface area (Å²) < 4.78 is 5.55. The van der Waals surface area contributed by atoms with E-state index in [1.54, 1.807) is 7.11 Å². The monoisotopic (exact) mass is 295 g/mol. The predicted molar refractivity (Wildman–Crippen MR) is 85.6 cm³/mol. The molecule has 1 unspecified atom stereocenters. The lowest BCUT2D eigenvalue weighted by Crippen LogP contribution is -2.28. The van der Waals surface area contributed by atoms with Gasteiger partial charge in [-0.25, -0.2) is 0 Å². The van der Waals surface area contributed by atoms with Crippen molar-refractivity contribution in [3.05, 3.63) is 28.8 Å². The van der Waals surface area contributed by atoms with E-state index >= 15 is 0 Å². The van der Waals surface area contributed by atoms with E-state index in [4.69, 9.17) is 16.3 Å². The summed E-state index contributed by atoms with van der Waals surface area (Å²) in [6.45, 7) is 3.14. The van der Waals surface area contributed by atoms with Gasteiger partial charge in [-0.05, 0) is 43.5 Å². The van der Waals surface area contributed by atoms with E-state index in [-0.39, 0.29) is 0 Å². The third-order valence-corrected chi connectivity index (χ3v) is 4.56. The number of hydrogen-bond donors (Lipinski definition) is 1. The summed E-state index contributed by atoms with van der Waals surface area (Å²) in [5, 5.41) is 4.45. The summed E-state index contributed by atoms with van der Waals surface area (Å²) in [5.74, 6) is 1.63. The van der Waals surface area contributed by atoms with Crippen molar-refractivity contribution in [3.63, 3.8) is 0 Å². The standard InChI is InChI=1S/C17H26ClNO/c1-3-19-17(13-8-6-4-5-7-9-13)15-12-14(18)10-11-16(15)20-2/h10-13,17,19H,3-9H2,1-2H3. The van der Waals surface area contributed by atoms with Gasteiger partial charge in [0.05, 0.1) is 7.11 Å². The number of hydrogen-bond acceptors (Lipinski definition) is 2. The number of methoxy groups -OCH3 is 1. The number of ether oxygens (including phenoxy) is 1. The summed E-state index contributed by atoms with van der Waals surface area (Å²) in [7, 11) is 1.74. The minimum Gasteiger partial charge on any atom is -0.496 e. The van der Waals surface area contributed by atoms with Crippen LogP contribution in [0.4, 0.5) is 0 Å². The summed E-state index contributed by atoms with van der Waals surface area (Å²) in [5.41, 5.74) is 1.22. The second-order valence-corrected chi connectivity index (χ2v) is 6.11. The first kappa shape index (κ1) is 15.7. The number of nitrogens with one attached hydrogen (secondary N) is 1. The molecule has 1 aromatic rings. The molecule has 20 heavy (non-hydrogen) atoms. The van der Waals surface area contributed by atoms with Crippen molar-refractivity contribution in [2.45, 2.75) is 51.5 Å². The van der Waals surface area contributed by atoms with Crippen molar-refractivity contribution in [3.8, 4) is 5.75 Å². The largest absolute Gasteiger partial charge is 0.496 e. The Bertz CT molecular complexity index is 413. The first-order valence-electron chi connectivity index (χ1n) is 7.83. The molecule has 1 aromatic carbocycles. The fraction of sp³-hybridized carbons (Fsp3) is 0.647. The van der Waals surface area contributed by atoms with Gasteiger partial charge in [0.25, 0.3) is 0 Å². The Morgan fingerprint density at radius 3 is 2.55 bits per heavy atom. The average Bonchev–Trinajstić information content (AvgIpc) is 2.73. The van der Waals surface area contributed by atoms with Gasteiger partial charge in [0.1, 0.15) is 5.75 Å². The molecule has 1 atom stereocenters. The fourth-order valence-corrected chi connectivity index (χ4v) is 3.52. The lowest BCUT2D eigenvalue weighted by atomic mass is 9.86. The van der Waals surface area contributed by atoms with E-state index in [2.05, 4.69) is 18.3 Å². The SMILES string of the molecule is CCNC(c1cc(Cl)ccc1OC)C1CCCCCC1. The molecule has 0 bridgehead atoms. The highest BCUT2D eigenvalue weighted by Gasteiger charge is 2.26. The predicted octanol–water partition coefficient (Wildman–Crippen LogP) is 4.97. The van der Waals surface area contributed by atoms with Gasteiger partial charge >= 0.3 is 0 Å². The smallest absolute Gasteiger partial charge is 0.123 e. The zero-order chi connectivity index (χ0) is 14.4. The topological polar surface area (TPSA) is 21.3 Å². The number of benzene rings is 1. The van der Waals surface area contributed by atoms with Crippen LogP contribution in [0.1, 0.15) is 57.1 Å². The van der Waals surface area contributed by atoms with Gasteiger partial charge in [0.2, 0.25) is 0 Å². The Hall–Kier alpha value is -0.730. The molecule has 0 spiro atoms. The van der Waals surface area contributed by atoms with Crippen molar-refractivity contribution in [2.24, 2.45) is 5.92 Å². The average molecular weight is 296 g/mol. The van der Waals surface area contributed by atoms with Gasteiger partial charge < -0.3 is 10.1 Å². The van der Waals surface area contributed by atoms with Gasteiger partial charge in [-0.15, -0.1) is 0 Å². The molecular weight excluding hydrogens is 270 g/mol. The summed E-state index contributed by atoms with van der Waals surface area (Å²) in [6, 6.07) is 6.31. The molecule has 1 saturated carbocycles. The Balaban J connectivity index is 2.28. The van der Waals surface area contributed by atoms with E-state index in [1.807, 2.05) is 12.1 Å². The number of rotatable bonds is 5. The normalized spacial score (nSPS) is 18.6. The highest BCUT2D eigenvalue weighted by Crippen LogP contribution is 2.38. The van der Waals surface area contributed by atoms with Gasteiger partial charge in [0.15, 0.2) is 0 Å². The molecule has 0 aromatic heterocycles. The molecule has 0 saturated heterocycles. The Kier molecular flexibility index (Phi) is 6.18. The van der Waals surface area contributed by atoms with Crippen molar-refractivity contribution in [1.29, 1.82) is 0 Å². The molecule has 1 aliphatic rings. The molecule has 1 fully saturated rings. The molecule has 0 aliphatic heterocycles. The molecule has 2 rings (SSSR count). The quantitative estimate of drug-likeness (QED) is 0.774. The molecule has 2 nitrogen and oxygen atoms in total. The van der Waals surface area contributed by atoms with Crippen molar-refractivity contribution >= 4 is 11.6 Å². The van der Waals surface area contributed by atoms with Crippen molar-refractivity contribution in [2.75, 3.05) is 13.7 Å². The molecule has 0 amide bonds. The summed E-state index contributed by atoms with van der Waals surface area (Å²) in [4.78, 5) is 0. The zero-order valence-corrected chi connectivity index (χ0v) is 13.4. The second-order valence-electron chi connectivity index (χ2n) is 5.67. The van der Waals surface area contributed by atoms with Gasteiger partial charge in [-0.2, -0.15) is 0 Å². The van der Waals surface area contributed by atoms with Crippen LogP contribution in [-0.2, 0) is 0 Å². The maximum atomic E-state index is 6.21. The van der Waals surface area contributed by atoms with Crippen LogP contribution >= 0.6 is 11.6 Å². The van der Waals surface area contributed by atoms with Crippen LogP contribution in [0.15, 0.2) is 18.2 Å². The molecular formula is C17H26ClNO. The van der Waals surface area contributed by atoms with E-state index in [9.17, 15) is 0 Å². The molecule has 1 aliphatic carbocycles. The van der Waals surface area contributed by atoms with E-state index in [1.165, 1.54) is 44.1 Å². The lowest BCUT2D eigenvalue weighted by Gasteiger charge is -2.29. The van der Waals surface area contributed by atoms with Crippen LogP contribution in [0, 0.1) is 5.92 Å².